The number of hydrogen-bond acceptors (Lipinski definition) is 6. The number of aromatic carboxylic acids is 1. The second-order valence-corrected chi connectivity index (χ2v) is 9.19. The van der Waals surface area contributed by atoms with Gasteiger partial charge in [-0.3, -0.25) is 0 Å². The summed E-state index contributed by atoms with van der Waals surface area (Å²) >= 11 is 2.95. The lowest BCUT2D eigenvalue weighted by Crippen LogP contribution is -2.17. The van der Waals surface area contributed by atoms with Crippen molar-refractivity contribution in [2.75, 3.05) is 6.61 Å². The number of ether oxygens (including phenoxy) is 1. The molecule has 4 rings (SSSR count). The van der Waals surface area contributed by atoms with E-state index in [1.54, 1.807) is 11.3 Å². The molecule has 0 radical (unpaired) electrons. The second kappa shape index (κ2) is 8.59. The van der Waals surface area contributed by atoms with E-state index in [-0.39, 0.29) is 5.69 Å². The van der Waals surface area contributed by atoms with Crippen molar-refractivity contribution in [3.63, 3.8) is 0 Å². The minimum absolute atomic E-state index is 0.00813. The minimum atomic E-state index is -1.05. The molecule has 28 heavy (non-hydrogen) atoms. The van der Waals surface area contributed by atoms with Crippen LogP contribution in [0.5, 0.6) is 5.75 Å². The highest BCUT2D eigenvalue weighted by Gasteiger charge is 2.29. The third-order valence-electron chi connectivity index (χ3n) is 5.54. The van der Waals surface area contributed by atoms with Crippen molar-refractivity contribution < 1.29 is 19.7 Å². The van der Waals surface area contributed by atoms with Crippen LogP contribution in [0.15, 0.2) is 35.0 Å². The van der Waals surface area contributed by atoms with E-state index in [4.69, 9.17) is 9.84 Å². The molecule has 0 bridgehead atoms. The van der Waals surface area contributed by atoms with Gasteiger partial charge in [0.1, 0.15) is 16.9 Å². The van der Waals surface area contributed by atoms with Crippen LogP contribution in [-0.2, 0) is 0 Å². The lowest BCUT2D eigenvalue weighted by Gasteiger charge is -2.21. The molecule has 148 valence electrons. The monoisotopic (exact) mass is 417 g/mol. The molecule has 0 saturated heterocycles. The number of thiophene rings is 1. The van der Waals surface area contributed by atoms with Gasteiger partial charge < -0.3 is 14.9 Å². The van der Waals surface area contributed by atoms with Crippen LogP contribution in [0.4, 0.5) is 0 Å². The number of aliphatic hydroxyl groups is 1. The first kappa shape index (κ1) is 19.4. The Morgan fingerprint density at radius 1 is 1.25 bits per heavy atom. The van der Waals surface area contributed by atoms with Gasteiger partial charge in [0.2, 0.25) is 0 Å². The van der Waals surface area contributed by atoms with Gasteiger partial charge in [0.15, 0.2) is 5.69 Å². The number of thiazole rings is 1. The predicted molar refractivity (Wildman–Crippen MR) is 111 cm³/mol. The maximum absolute atomic E-state index is 10.9. The molecule has 7 heteroatoms. The number of carboxylic acid groups (broad SMARTS) is 1. The molecular formula is C21H23NO4S2. The van der Waals surface area contributed by atoms with Crippen LogP contribution in [0.2, 0.25) is 0 Å². The lowest BCUT2D eigenvalue weighted by molar-refractivity contribution is 0.0690. The molecule has 3 atom stereocenters. The normalized spacial score (nSPS) is 20.5. The first-order chi connectivity index (χ1) is 13.6. The minimum Gasteiger partial charge on any atom is -0.493 e. The molecule has 0 amide bonds. The van der Waals surface area contributed by atoms with E-state index < -0.39 is 12.1 Å². The van der Waals surface area contributed by atoms with Crippen LogP contribution >= 0.6 is 22.7 Å². The average Bonchev–Trinajstić information content (AvgIpc) is 3.44. The second-order valence-electron chi connectivity index (χ2n) is 7.35. The summed E-state index contributed by atoms with van der Waals surface area (Å²) in [6, 6.07) is 8.36. The van der Waals surface area contributed by atoms with Gasteiger partial charge in [-0.25, -0.2) is 9.78 Å². The summed E-state index contributed by atoms with van der Waals surface area (Å²) in [4.78, 5) is 15.0. The van der Waals surface area contributed by atoms with E-state index in [1.165, 1.54) is 33.2 Å². The lowest BCUT2D eigenvalue weighted by atomic mass is 9.91. The summed E-state index contributed by atoms with van der Waals surface area (Å²) in [7, 11) is 0. The maximum atomic E-state index is 10.9. The van der Waals surface area contributed by atoms with Crippen molar-refractivity contribution >= 4 is 38.7 Å². The molecule has 1 saturated carbocycles. The predicted octanol–water partition coefficient (Wildman–Crippen LogP) is 5.36. The fourth-order valence-electron chi connectivity index (χ4n) is 3.99. The van der Waals surface area contributed by atoms with Crippen LogP contribution in [0, 0.1) is 11.8 Å². The Morgan fingerprint density at radius 2 is 2.11 bits per heavy atom. The first-order valence-corrected chi connectivity index (χ1v) is 11.3. The third kappa shape index (κ3) is 4.37. The molecule has 1 fully saturated rings. The number of benzene rings is 1. The van der Waals surface area contributed by atoms with Gasteiger partial charge in [-0.15, -0.1) is 22.7 Å². The number of nitrogens with zero attached hydrogens (tertiary/aromatic N) is 1. The molecule has 1 aromatic carbocycles. The quantitative estimate of drug-likeness (QED) is 0.515. The average molecular weight is 418 g/mol. The Hall–Kier alpha value is -1.96. The molecule has 1 aliphatic rings. The van der Waals surface area contributed by atoms with Crippen molar-refractivity contribution in [2.45, 2.75) is 38.2 Å². The Bertz CT molecular complexity index is 951. The number of rotatable bonds is 8. The van der Waals surface area contributed by atoms with Crippen molar-refractivity contribution in [1.82, 2.24) is 4.98 Å². The number of aliphatic hydroxyl groups excluding tert-OH is 1. The number of fused-ring (bicyclic) bond motifs is 1. The van der Waals surface area contributed by atoms with Gasteiger partial charge in [-0.2, -0.15) is 0 Å². The van der Waals surface area contributed by atoms with Gasteiger partial charge in [0, 0.05) is 10.1 Å². The molecule has 1 aliphatic carbocycles. The van der Waals surface area contributed by atoms with Gasteiger partial charge >= 0.3 is 5.97 Å². The number of carboxylic acids is 1. The summed E-state index contributed by atoms with van der Waals surface area (Å²) in [6.07, 6.45) is 4.32. The number of aromatic nitrogens is 1. The van der Waals surface area contributed by atoms with Crippen LogP contribution in [0.25, 0.3) is 10.1 Å². The van der Waals surface area contributed by atoms with Crippen molar-refractivity contribution in [3.05, 3.63) is 45.7 Å². The maximum Gasteiger partial charge on any atom is 0.355 e. The molecule has 2 aromatic heterocycles. The van der Waals surface area contributed by atoms with E-state index in [0.29, 0.717) is 29.9 Å². The van der Waals surface area contributed by atoms with E-state index in [0.717, 1.165) is 25.0 Å². The topological polar surface area (TPSA) is 79.7 Å². The molecule has 0 aliphatic heterocycles. The molecular weight excluding hydrogens is 394 g/mol. The van der Waals surface area contributed by atoms with E-state index in [9.17, 15) is 9.90 Å². The SMILES string of the molecule is O=C(O)c1csc(C(O)CC[C@H]2CCCC2COc2ccc3sccc3c2)n1. The fraction of sp³-hybridized carbons (Fsp3) is 0.429. The summed E-state index contributed by atoms with van der Waals surface area (Å²) < 4.78 is 7.36. The molecule has 2 N–H and O–H groups in total. The van der Waals surface area contributed by atoms with Gasteiger partial charge in [0.05, 0.1) is 6.61 Å². The number of carbonyl (C=O) groups is 1. The van der Waals surface area contributed by atoms with Crippen molar-refractivity contribution in [1.29, 1.82) is 0 Å². The Balaban J connectivity index is 1.29. The largest absolute Gasteiger partial charge is 0.493 e. The fourth-order valence-corrected chi connectivity index (χ4v) is 5.57. The van der Waals surface area contributed by atoms with Crippen molar-refractivity contribution in [2.24, 2.45) is 11.8 Å². The Kier molecular flexibility index (Phi) is 5.94. The highest BCUT2D eigenvalue weighted by molar-refractivity contribution is 7.17. The van der Waals surface area contributed by atoms with Crippen LogP contribution in [-0.4, -0.2) is 27.8 Å². The standard InChI is InChI=1S/C21H23NO4S2/c23-18(20-22-17(12-28-20)21(24)25)6-4-13-2-1-3-15(13)11-26-16-5-7-19-14(10-16)8-9-27-19/h5,7-10,12-13,15,18,23H,1-4,6,11H2,(H,24,25)/t13-,15?,18?/m1/s1. The zero-order valence-electron chi connectivity index (χ0n) is 15.4. The first-order valence-electron chi connectivity index (χ1n) is 9.57. The summed E-state index contributed by atoms with van der Waals surface area (Å²) in [5.74, 6) is 0.888. The highest BCUT2D eigenvalue weighted by Crippen LogP contribution is 2.37. The van der Waals surface area contributed by atoms with Crippen molar-refractivity contribution in [3.8, 4) is 5.75 Å². The van der Waals surface area contributed by atoms with Gasteiger partial charge in [-0.05, 0) is 66.1 Å². The summed E-state index contributed by atoms with van der Waals surface area (Å²) in [6.45, 7) is 0.705. The summed E-state index contributed by atoms with van der Waals surface area (Å²) in [5, 5.41) is 24.6. The van der Waals surface area contributed by atoms with Crippen LogP contribution in [0.3, 0.4) is 0 Å². The molecule has 2 unspecified atom stereocenters. The molecule has 2 heterocycles. The van der Waals surface area contributed by atoms with E-state index in [1.807, 2.05) is 6.07 Å². The van der Waals surface area contributed by atoms with Crippen LogP contribution < -0.4 is 4.74 Å². The van der Waals surface area contributed by atoms with E-state index >= 15 is 0 Å². The molecule has 0 spiro atoms. The highest BCUT2D eigenvalue weighted by atomic mass is 32.1. The Labute approximate surface area is 171 Å². The smallest absolute Gasteiger partial charge is 0.355 e. The van der Waals surface area contributed by atoms with Crippen LogP contribution in [0.1, 0.15) is 53.7 Å². The summed E-state index contributed by atoms with van der Waals surface area (Å²) in [5.41, 5.74) is 0.00813. The molecule has 3 aromatic rings. The zero-order chi connectivity index (χ0) is 19.5. The zero-order valence-corrected chi connectivity index (χ0v) is 17.0. The molecule has 5 nitrogen and oxygen atoms in total. The van der Waals surface area contributed by atoms with E-state index in [2.05, 4.69) is 28.6 Å². The third-order valence-corrected chi connectivity index (χ3v) is 7.39. The van der Waals surface area contributed by atoms with Gasteiger partial charge in [0.25, 0.3) is 0 Å². The number of hydrogen-bond donors (Lipinski definition) is 2. The van der Waals surface area contributed by atoms with Gasteiger partial charge in [-0.1, -0.05) is 12.8 Å². The Morgan fingerprint density at radius 3 is 2.93 bits per heavy atom.